The van der Waals surface area contributed by atoms with Gasteiger partial charge in [-0.25, -0.2) is 4.79 Å². The SMILES string of the molecule is Cc1cccc(C)c1OCC(=O)N1CCC[C@H]1C(=O)O. The number of carbonyl (C=O) groups excluding carboxylic acids is 1. The van der Waals surface area contributed by atoms with Crippen LogP contribution in [0.5, 0.6) is 5.75 Å². The van der Waals surface area contributed by atoms with Gasteiger partial charge < -0.3 is 14.7 Å². The fraction of sp³-hybridized carbons (Fsp3) is 0.467. The first-order valence-electron chi connectivity index (χ1n) is 6.72. The van der Waals surface area contributed by atoms with Crippen LogP contribution in [0.25, 0.3) is 0 Å². The van der Waals surface area contributed by atoms with Gasteiger partial charge in [0.2, 0.25) is 0 Å². The van der Waals surface area contributed by atoms with Gasteiger partial charge in [-0.2, -0.15) is 0 Å². The highest BCUT2D eigenvalue weighted by Crippen LogP contribution is 2.23. The highest BCUT2D eigenvalue weighted by atomic mass is 16.5. The molecule has 0 aromatic heterocycles. The first kappa shape index (κ1) is 14.4. The molecule has 0 radical (unpaired) electrons. The number of carboxylic acids is 1. The Bertz CT molecular complexity index is 506. The third kappa shape index (κ3) is 2.92. The molecule has 1 amide bonds. The van der Waals surface area contributed by atoms with E-state index in [1.54, 1.807) is 0 Å². The summed E-state index contributed by atoms with van der Waals surface area (Å²) in [6.07, 6.45) is 1.25. The zero-order chi connectivity index (χ0) is 14.7. The van der Waals surface area contributed by atoms with E-state index >= 15 is 0 Å². The van der Waals surface area contributed by atoms with Crippen molar-refractivity contribution in [3.8, 4) is 5.75 Å². The van der Waals surface area contributed by atoms with Gasteiger partial charge in [0.25, 0.3) is 5.91 Å². The van der Waals surface area contributed by atoms with Crippen molar-refractivity contribution in [3.05, 3.63) is 29.3 Å². The number of hydrogen-bond donors (Lipinski definition) is 1. The number of aryl methyl sites for hydroxylation is 2. The molecule has 1 aromatic rings. The molecule has 108 valence electrons. The lowest BCUT2D eigenvalue weighted by Crippen LogP contribution is -2.42. The number of nitrogens with zero attached hydrogens (tertiary/aromatic N) is 1. The molecule has 0 aliphatic carbocycles. The van der Waals surface area contributed by atoms with Crippen LogP contribution in [0.1, 0.15) is 24.0 Å². The summed E-state index contributed by atoms with van der Waals surface area (Å²) in [5.41, 5.74) is 1.93. The molecule has 20 heavy (non-hydrogen) atoms. The van der Waals surface area contributed by atoms with Gasteiger partial charge in [0.05, 0.1) is 0 Å². The van der Waals surface area contributed by atoms with Gasteiger partial charge in [-0.1, -0.05) is 18.2 Å². The van der Waals surface area contributed by atoms with Crippen molar-refractivity contribution in [2.24, 2.45) is 0 Å². The number of rotatable bonds is 4. The normalized spacial score (nSPS) is 18.1. The van der Waals surface area contributed by atoms with Crippen LogP contribution in [0.2, 0.25) is 0 Å². The number of carboxylic acid groups (broad SMARTS) is 1. The summed E-state index contributed by atoms with van der Waals surface area (Å²) in [6.45, 7) is 4.22. The van der Waals surface area contributed by atoms with Gasteiger partial charge in [-0.3, -0.25) is 4.79 Å². The van der Waals surface area contributed by atoms with E-state index in [2.05, 4.69) is 0 Å². The lowest BCUT2D eigenvalue weighted by atomic mass is 10.1. The van der Waals surface area contributed by atoms with Crippen molar-refractivity contribution >= 4 is 11.9 Å². The molecule has 0 spiro atoms. The van der Waals surface area contributed by atoms with Gasteiger partial charge >= 0.3 is 5.97 Å². The van der Waals surface area contributed by atoms with Crippen LogP contribution in [0.4, 0.5) is 0 Å². The molecule has 1 aliphatic rings. The fourth-order valence-corrected chi connectivity index (χ4v) is 2.57. The first-order chi connectivity index (χ1) is 9.50. The highest BCUT2D eigenvalue weighted by molar-refractivity contribution is 5.85. The summed E-state index contributed by atoms with van der Waals surface area (Å²) in [6, 6.07) is 5.06. The number of ether oxygens (including phenoxy) is 1. The molecule has 5 heteroatoms. The van der Waals surface area contributed by atoms with Crippen molar-refractivity contribution in [3.63, 3.8) is 0 Å². The third-order valence-electron chi connectivity index (χ3n) is 3.61. The Morgan fingerprint density at radius 2 is 2.00 bits per heavy atom. The average molecular weight is 277 g/mol. The number of hydrogen-bond acceptors (Lipinski definition) is 3. The summed E-state index contributed by atoms with van der Waals surface area (Å²) < 4.78 is 5.59. The lowest BCUT2D eigenvalue weighted by molar-refractivity contribution is -0.149. The van der Waals surface area contributed by atoms with E-state index < -0.39 is 12.0 Å². The number of likely N-dealkylation sites (tertiary alicyclic amines) is 1. The van der Waals surface area contributed by atoms with E-state index in [1.807, 2.05) is 32.0 Å². The molecular weight excluding hydrogens is 258 g/mol. The summed E-state index contributed by atoms with van der Waals surface area (Å²) in [4.78, 5) is 24.6. The number of carbonyl (C=O) groups is 2. The lowest BCUT2D eigenvalue weighted by Gasteiger charge is -2.22. The van der Waals surface area contributed by atoms with Gasteiger partial charge in [0.15, 0.2) is 6.61 Å². The molecule has 0 bridgehead atoms. The first-order valence-corrected chi connectivity index (χ1v) is 6.72. The highest BCUT2D eigenvalue weighted by Gasteiger charge is 2.34. The molecular formula is C15H19NO4. The van der Waals surface area contributed by atoms with Gasteiger partial charge in [0.1, 0.15) is 11.8 Å². The van der Waals surface area contributed by atoms with E-state index in [0.29, 0.717) is 18.7 Å². The number of amides is 1. The zero-order valence-corrected chi connectivity index (χ0v) is 11.8. The Kier molecular flexibility index (Phi) is 4.27. The van der Waals surface area contributed by atoms with Crippen LogP contribution < -0.4 is 4.74 Å². The van der Waals surface area contributed by atoms with Crippen LogP contribution in [-0.2, 0) is 9.59 Å². The molecule has 1 aliphatic heterocycles. The van der Waals surface area contributed by atoms with Crippen LogP contribution >= 0.6 is 0 Å². The molecule has 0 unspecified atom stereocenters. The standard InChI is InChI=1S/C15H19NO4/c1-10-5-3-6-11(2)14(10)20-9-13(17)16-8-4-7-12(16)15(18)19/h3,5-6,12H,4,7-9H2,1-2H3,(H,18,19)/t12-/m0/s1. The quantitative estimate of drug-likeness (QED) is 0.910. The maximum Gasteiger partial charge on any atom is 0.326 e. The second-order valence-electron chi connectivity index (χ2n) is 5.09. The third-order valence-corrected chi connectivity index (χ3v) is 3.61. The number of para-hydroxylation sites is 1. The second-order valence-corrected chi connectivity index (χ2v) is 5.09. The van der Waals surface area contributed by atoms with E-state index in [1.165, 1.54) is 4.90 Å². The van der Waals surface area contributed by atoms with Crippen LogP contribution in [0.3, 0.4) is 0 Å². The number of aliphatic carboxylic acids is 1. The Labute approximate surface area is 118 Å². The molecule has 1 heterocycles. The molecule has 1 N–H and O–H groups in total. The topological polar surface area (TPSA) is 66.8 Å². The van der Waals surface area contributed by atoms with E-state index in [-0.39, 0.29) is 12.5 Å². The summed E-state index contributed by atoms with van der Waals surface area (Å²) in [5.74, 6) is -0.507. The van der Waals surface area contributed by atoms with Crippen LogP contribution in [-0.4, -0.2) is 41.1 Å². The van der Waals surface area contributed by atoms with Gasteiger partial charge in [-0.05, 0) is 37.8 Å². The summed E-state index contributed by atoms with van der Waals surface area (Å²) in [7, 11) is 0. The van der Waals surface area contributed by atoms with E-state index in [0.717, 1.165) is 17.5 Å². The number of benzene rings is 1. The molecule has 1 saturated heterocycles. The van der Waals surface area contributed by atoms with Crippen molar-refractivity contribution in [2.75, 3.05) is 13.2 Å². The predicted molar refractivity (Wildman–Crippen MR) is 73.8 cm³/mol. The van der Waals surface area contributed by atoms with Crippen LogP contribution in [0.15, 0.2) is 18.2 Å². The average Bonchev–Trinajstić information content (AvgIpc) is 2.87. The summed E-state index contributed by atoms with van der Waals surface area (Å²) >= 11 is 0. The monoisotopic (exact) mass is 277 g/mol. The molecule has 1 atom stereocenters. The van der Waals surface area contributed by atoms with E-state index in [4.69, 9.17) is 9.84 Å². The van der Waals surface area contributed by atoms with Crippen molar-refractivity contribution in [1.82, 2.24) is 4.90 Å². The molecule has 1 fully saturated rings. The van der Waals surface area contributed by atoms with Crippen molar-refractivity contribution < 1.29 is 19.4 Å². The predicted octanol–water partition coefficient (Wildman–Crippen LogP) is 1.76. The van der Waals surface area contributed by atoms with E-state index in [9.17, 15) is 9.59 Å². The minimum Gasteiger partial charge on any atom is -0.483 e. The largest absolute Gasteiger partial charge is 0.483 e. The maximum atomic E-state index is 12.1. The minimum absolute atomic E-state index is 0.116. The molecule has 2 rings (SSSR count). The zero-order valence-electron chi connectivity index (χ0n) is 11.8. The van der Waals surface area contributed by atoms with Gasteiger partial charge in [-0.15, -0.1) is 0 Å². The van der Waals surface area contributed by atoms with Crippen LogP contribution in [0, 0.1) is 13.8 Å². The van der Waals surface area contributed by atoms with Crippen molar-refractivity contribution in [2.45, 2.75) is 32.7 Å². The Hall–Kier alpha value is -2.04. The second kappa shape index (κ2) is 5.94. The maximum absolute atomic E-state index is 12.1. The smallest absolute Gasteiger partial charge is 0.326 e. The molecule has 0 saturated carbocycles. The van der Waals surface area contributed by atoms with Crippen molar-refractivity contribution in [1.29, 1.82) is 0 Å². The fourth-order valence-electron chi connectivity index (χ4n) is 2.57. The van der Waals surface area contributed by atoms with Gasteiger partial charge in [0, 0.05) is 6.54 Å². The Balaban J connectivity index is 2.00. The Morgan fingerprint density at radius 1 is 1.35 bits per heavy atom. The molecule has 5 nitrogen and oxygen atoms in total. The Morgan fingerprint density at radius 3 is 2.60 bits per heavy atom. The summed E-state index contributed by atoms with van der Waals surface area (Å²) in [5, 5.41) is 9.07. The molecule has 1 aromatic carbocycles. The minimum atomic E-state index is -0.942.